The van der Waals surface area contributed by atoms with E-state index in [4.69, 9.17) is 5.11 Å². The highest BCUT2D eigenvalue weighted by Crippen LogP contribution is 1.96. The second-order valence-corrected chi connectivity index (χ2v) is 3.67. The first-order valence-electron chi connectivity index (χ1n) is 5.18. The number of carboxylic acid groups (broad SMARTS) is 1. The molecule has 1 heterocycles. The number of aromatic nitrogens is 2. The summed E-state index contributed by atoms with van der Waals surface area (Å²) >= 11 is 0. The maximum Gasteiger partial charge on any atom is 0.317 e. The van der Waals surface area contributed by atoms with Gasteiger partial charge in [-0.25, -0.2) is 4.79 Å². The highest BCUT2D eigenvalue weighted by Gasteiger charge is 2.10. The second-order valence-electron chi connectivity index (χ2n) is 3.67. The van der Waals surface area contributed by atoms with Gasteiger partial charge in [-0.05, 0) is 6.07 Å². The van der Waals surface area contributed by atoms with Crippen molar-refractivity contribution in [2.24, 2.45) is 7.05 Å². The van der Waals surface area contributed by atoms with Crippen molar-refractivity contribution in [1.82, 2.24) is 20.0 Å². The normalized spacial score (nSPS) is 10.0. The van der Waals surface area contributed by atoms with E-state index in [1.165, 1.54) is 4.90 Å². The zero-order valence-corrected chi connectivity index (χ0v) is 9.88. The summed E-state index contributed by atoms with van der Waals surface area (Å²) in [7, 11) is 3.34. The number of nitrogens with zero attached hydrogens (tertiary/aromatic N) is 3. The van der Waals surface area contributed by atoms with Gasteiger partial charge in [-0.3, -0.25) is 9.48 Å². The Bertz CT molecular complexity index is 402. The molecule has 0 aliphatic carbocycles. The van der Waals surface area contributed by atoms with E-state index in [0.717, 1.165) is 5.69 Å². The van der Waals surface area contributed by atoms with Crippen molar-refractivity contribution in [2.45, 2.75) is 13.0 Å². The van der Waals surface area contributed by atoms with Crippen molar-refractivity contribution < 1.29 is 14.7 Å². The van der Waals surface area contributed by atoms with Gasteiger partial charge in [-0.1, -0.05) is 0 Å². The van der Waals surface area contributed by atoms with Crippen LogP contribution in [0.15, 0.2) is 12.3 Å². The van der Waals surface area contributed by atoms with Gasteiger partial charge in [0.05, 0.1) is 18.7 Å². The molecule has 1 aromatic rings. The minimum absolute atomic E-state index is 0.0599. The van der Waals surface area contributed by atoms with Crippen molar-refractivity contribution in [1.29, 1.82) is 0 Å². The van der Waals surface area contributed by atoms with E-state index in [0.29, 0.717) is 6.54 Å². The Kier molecular flexibility index (Phi) is 4.50. The molecule has 0 atom stereocenters. The van der Waals surface area contributed by atoms with Gasteiger partial charge in [-0.15, -0.1) is 0 Å². The molecule has 17 heavy (non-hydrogen) atoms. The number of hydrogen-bond acceptors (Lipinski definition) is 3. The molecule has 2 amide bonds. The molecule has 0 unspecified atom stereocenters. The molecule has 7 nitrogen and oxygen atoms in total. The summed E-state index contributed by atoms with van der Waals surface area (Å²) in [6.07, 6.45) is 1.59. The summed E-state index contributed by atoms with van der Waals surface area (Å²) in [5.41, 5.74) is 0.880. The van der Waals surface area contributed by atoms with Gasteiger partial charge in [0.1, 0.15) is 0 Å². The van der Waals surface area contributed by atoms with Crippen LogP contribution in [0.4, 0.5) is 4.79 Å². The summed E-state index contributed by atoms with van der Waals surface area (Å²) in [4.78, 5) is 23.2. The predicted molar refractivity (Wildman–Crippen MR) is 60.3 cm³/mol. The lowest BCUT2D eigenvalue weighted by Gasteiger charge is -2.16. The van der Waals surface area contributed by atoms with Crippen molar-refractivity contribution in [3.63, 3.8) is 0 Å². The van der Waals surface area contributed by atoms with Crippen LogP contribution in [-0.2, 0) is 18.4 Å². The SMILES string of the molecule is CN(CCC(=O)O)C(=O)NCc1ccnn1C. The molecule has 1 rings (SSSR count). The Balaban J connectivity index is 2.34. The number of carbonyl (C=O) groups excluding carboxylic acids is 1. The van der Waals surface area contributed by atoms with Crippen LogP contribution in [0.5, 0.6) is 0 Å². The maximum atomic E-state index is 11.6. The molecule has 7 heteroatoms. The molecule has 0 saturated carbocycles. The smallest absolute Gasteiger partial charge is 0.317 e. The molecule has 0 fully saturated rings. The lowest BCUT2D eigenvalue weighted by molar-refractivity contribution is -0.137. The quantitative estimate of drug-likeness (QED) is 0.760. The number of carbonyl (C=O) groups is 2. The monoisotopic (exact) mass is 240 g/mol. The van der Waals surface area contributed by atoms with Crippen molar-refractivity contribution in [3.8, 4) is 0 Å². The summed E-state index contributed by atoms with van der Waals surface area (Å²) in [5, 5.41) is 15.1. The topological polar surface area (TPSA) is 87.5 Å². The third-order valence-corrected chi connectivity index (χ3v) is 2.35. The van der Waals surface area contributed by atoms with E-state index in [9.17, 15) is 9.59 Å². The molecule has 0 aliphatic heterocycles. The van der Waals surface area contributed by atoms with Crippen molar-refractivity contribution in [2.75, 3.05) is 13.6 Å². The molecule has 0 aliphatic rings. The number of nitrogens with one attached hydrogen (secondary N) is 1. The second kappa shape index (κ2) is 5.88. The van der Waals surface area contributed by atoms with Crippen LogP contribution in [0.1, 0.15) is 12.1 Å². The largest absolute Gasteiger partial charge is 0.481 e. The molecule has 0 spiro atoms. The lowest BCUT2D eigenvalue weighted by Crippen LogP contribution is -2.38. The summed E-state index contributed by atoms with van der Waals surface area (Å²) in [6.45, 7) is 0.555. The Morgan fingerprint density at radius 3 is 2.82 bits per heavy atom. The van der Waals surface area contributed by atoms with E-state index in [-0.39, 0.29) is 19.0 Å². The van der Waals surface area contributed by atoms with Gasteiger partial charge in [0.25, 0.3) is 0 Å². The summed E-state index contributed by atoms with van der Waals surface area (Å²) in [6, 6.07) is 1.50. The molecule has 0 aromatic carbocycles. The third kappa shape index (κ3) is 4.13. The third-order valence-electron chi connectivity index (χ3n) is 2.35. The fourth-order valence-corrected chi connectivity index (χ4v) is 1.24. The maximum absolute atomic E-state index is 11.6. The molecule has 0 bridgehead atoms. The standard InChI is InChI=1S/C10H16N4O3/c1-13(6-4-9(15)16)10(17)11-7-8-3-5-12-14(8)2/h3,5H,4,6-7H2,1-2H3,(H,11,17)(H,15,16). The first-order chi connectivity index (χ1) is 8.00. The fraction of sp³-hybridized carbons (Fsp3) is 0.500. The first-order valence-corrected chi connectivity index (χ1v) is 5.18. The first kappa shape index (κ1) is 13.0. The van der Waals surface area contributed by atoms with Crippen LogP contribution in [0, 0.1) is 0 Å². The van der Waals surface area contributed by atoms with Crippen LogP contribution in [0.25, 0.3) is 0 Å². The van der Waals surface area contributed by atoms with E-state index < -0.39 is 5.97 Å². The van der Waals surface area contributed by atoms with Gasteiger partial charge in [-0.2, -0.15) is 5.10 Å². The Hall–Kier alpha value is -2.05. The molecule has 0 radical (unpaired) electrons. The van der Waals surface area contributed by atoms with Crippen LogP contribution in [0.3, 0.4) is 0 Å². The van der Waals surface area contributed by atoms with Crippen LogP contribution in [-0.4, -0.2) is 45.4 Å². The predicted octanol–water partition coefficient (Wildman–Crippen LogP) is 0.0362. The average Bonchev–Trinajstić information content (AvgIpc) is 2.68. The minimum Gasteiger partial charge on any atom is -0.481 e. The van der Waals surface area contributed by atoms with Gasteiger partial charge < -0.3 is 15.3 Å². The average molecular weight is 240 g/mol. The van der Waals surface area contributed by atoms with Gasteiger partial charge in [0.2, 0.25) is 0 Å². The van der Waals surface area contributed by atoms with Crippen molar-refractivity contribution in [3.05, 3.63) is 18.0 Å². The number of urea groups is 1. The molecular weight excluding hydrogens is 224 g/mol. The molecule has 94 valence electrons. The molecular formula is C10H16N4O3. The molecule has 2 N–H and O–H groups in total. The van der Waals surface area contributed by atoms with E-state index >= 15 is 0 Å². The lowest BCUT2D eigenvalue weighted by atomic mass is 10.4. The number of aryl methyl sites for hydroxylation is 1. The highest BCUT2D eigenvalue weighted by molar-refractivity contribution is 5.74. The van der Waals surface area contributed by atoms with Gasteiger partial charge in [0.15, 0.2) is 0 Å². The Morgan fingerprint density at radius 2 is 2.29 bits per heavy atom. The van der Waals surface area contributed by atoms with Crippen LogP contribution < -0.4 is 5.32 Å². The number of hydrogen-bond donors (Lipinski definition) is 2. The number of carboxylic acids is 1. The number of rotatable bonds is 5. The van der Waals surface area contributed by atoms with Crippen LogP contribution in [0.2, 0.25) is 0 Å². The number of aliphatic carboxylic acids is 1. The zero-order valence-electron chi connectivity index (χ0n) is 9.88. The summed E-state index contributed by atoms with van der Waals surface area (Å²) in [5.74, 6) is -0.920. The minimum atomic E-state index is -0.920. The van der Waals surface area contributed by atoms with E-state index in [2.05, 4.69) is 10.4 Å². The van der Waals surface area contributed by atoms with Crippen LogP contribution >= 0.6 is 0 Å². The van der Waals surface area contributed by atoms with E-state index in [1.807, 2.05) is 0 Å². The fourth-order valence-electron chi connectivity index (χ4n) is 1.24. The van der Waals surface area contributed by atoms with Gasteiger partial charge >= 0.3 is 12.0 Å². The van der Waals surface area contributed by atoms with Crippen molar-refractivity contribution >= 4 is 12.0 Å². The Labute approximate surface area is 99.0 Å². The molecule has 0 saturated heterocycles. The number of amides is 2. The zero-order chi connectivity index (χ0) is 12.8. The molecule has 1 aromatic heterocycles. The van der Waals surface area contributed by atoms with Gasteiger partial charge in [0, 0.05) is 26.8 Å². The Morgan fingerprint density at radius 1 is 1.59 bits per heavy atom. The highest BCUT2D eigenvalue weighted by atomic mass is 16.4. The summed E-state index contributed by atoms with van der Waals surface area (Å²) < 4.78 is 1.66. The van der Waals surface area contributed by atoms with E-state index in [1.54, 1.807) is 31.0 Å².